The molecule has 1 aliphatic rings. The number of hydrogen-bond acceptors (Lipinski definition) is 3. The van der Waals surface area contributed by atoms with Gasteiger partial charge in [-0.3, -0.25) is 4.79 Å². The molecule has 0 atom stereocenters. The predicted octanol–water partition coefficient (Wildman–Crippen LogP) is 0.335. The zero-order chi connectivity index (χ0) is 12.7. The Hall–Kier alpha value is -1.34. The molecule has 0 spiro atoms. The van der Waals surface area contributed by atoms with Crippen molar-refractivity contribution in [1.29, 1.82) is 0 Å². The molecule has 17 heavy (non-hydrogen) atoms. The second kappa shape index (κ2) is 3.85. The number of aromatic nitrogens is 1. The van der Waals surface area contributed by atoms with Gasteiger partial charge in [-0.2, -0.15) is 0 Å². The summed E-state index contributed by atoms with van der Waals surface area (Å²) in [5.41, 5.74) is 0.0476. The van der Waals surface area contributed by atoms with Crippen molar-refractivity contribution in [2.24, 2.45) is 5.14 Å². The summed E-state index contributed by atoms with van der Waals surface area (Å²) < 4.78 is 22.1. The van der Waals surface area contributed by atoms with Crippen LogP contribution in [0.15, 0.2) is 17.2 Å². The second-order valence-electron chi connectivity index (χ2n) is 4.66. The van der Waals surface area contributed by atoms with E-state index in [9.17, 15) is 13.2 Å². The molecular weight excluding hydrogens is 242 g/mol. The zero-order valence-corrected chi connectivity index (χ0v) is 10.3. The van der Waals surface area contributed by atoms with E-state index >= 15 is 0 Å². The van der Waals surface area contributed by atoms with Crippen LogP contribution in [0.4, 0.5) is 0 Å². The third-order valence-electron chi connectivity index (χ3n) is 3.10. The van der Waals surface area contributed by atoms with E-state index in [1.165, 1.54) is 12.3 Å². The van der Waals surface area contributed by atoms with Gasteiger partial charge in [0.05, 0.1) is 4.90 Å². The van der Waals surface area contributed by atoms with Crippen LogP contribution in [0.2, 0.25) is 0 Å². The Bertz CT molecular complexity index is 543. The standard InChI is InChI=1S/C10H15N3O3S/c1-10(3-2-4-10)13-9(14)8-5-7(6-12-8)17(11,15)16/h5-6,12H,2-4H2,1H3,(H,13,14)(H2,11,15,16). The quantitative estimate of drug-likeness (QED) is 0.726. The lowest BCUT2D eigenvalue weighted by molar-refractivity contribution is 0.0846. The van der Waals surface area contributed by atoms with Crippen LogP contribution >= 0.6 is 0 Å². The molecule has 2 rings (SSSR count). The molecule has 4 N–H and O–H groups in total. The van der Waals surface area contributed by atoms with E-state index in [0.29, 0.717) is 0 Å². The van der Waals surface area contributed by atoms with Crippen LogP contribution in [-0.4, -0.2) is 24.8 Å². The lowest BCUT2D eigenvalue weighted by atomic mass is 9.78. The van der Waals surface area contributed by atoms with Crippen LogP contribution in [-0.2, 0) is 10.0 Å². The van der Waals surface area contributed by atoms with Crippen molar-refractivity contribution in [3.05, 3.63) is 18.0 Å². The number of rotatable bonds is 3. The zero-order valence-electron chi connectivity index (χ0n) is 9.49. The van der Waals surface area contributed by atoms with Crippen LogP contribution < -0.4 is 10.5 Å². The van der Waals surface area contributed by atoms with Crippen molar-refractivity contribution in [3.8, 4) is 0 Å². The van der Waals surface area contributed by atoms with E-state index < -0.39 is 10.0 Å². The first kappa shape index (κ1) is 12.1. The van der Waals surface area contributed by atoms with Gasteiger partial charge >= 0.3 is 0 Å². The highest BCUT2D eigenvalue weighted by Crippen LogP contribution is 2.31. The number of primary sulfonamides is 1. The first-order valence-corrected chi connectivity index (χ1v) is 6.89. The molecule has 1 amide bonds. The first-order chi connectivity index (χ1) is 7.80. The van der Waals surface area contributed by atoms with Gasteiger partial charge in [-0.15, -0.1) is 0 Å². The maximum atomic E-state index is 11.8. The number of sulfonamides is 1. The summed E-state index contributed by atoms with van der Waals surface area (Å²) in [6.07, 6.45) is 4.21. The molecule has 1 fully saturated rings. The molecule has 0 unspecified atom stereocenters. The van der Waals surface area contributed by atoms with E-state index in [1.807, 2.05) is 6.92 Å². The van der Waals surface area contributed by atoms with Crippen molar-refractivity contribution >= 4 is 15.9 Å². The summed E-state index contributed by atoms with van der Waals surface area (Å²) in [7, 11) is -3.76. The van der Waals surface area contributed by atoms with Gasteiger partial charge in [0.2, 0.25) is 10.0 Å². The maximum absolute atomic E-state index is 11.8. The van der Waals surface area contributed by atoms with Gasteiger partial charge in [0, 0.05) is 11.7 Å². The number of amides is 1. The predicted molar refractivity (Wildman–Crippen MR) is 61.9 cm³/mol. The van der Waals surface area contributed by atoms with Gasteiger partial charge in [0.1, 0.15) is 5.69 Å². The molecule has 0 aliphatic heterocycles. The highest BCUT2D eigenvalue weighted by atomic mass is 32.2. The molecular formula is C10H15N3O3S. The topological polar surface area (TPSA) is 105 Å². The maximum Gasteiger partial charge on any atom is 0.268 e. The fourth-order valence-corrected chi connectivity index (χ4v) is 2.35. The fourth-order valence-electron chi connectivity index (χ4n) is 1.84. The summed E-state index contributed by atoms with van der Waals surface area (Å²) in [6.45, 7) is 1.97. The third kappa shape index (κ3) is 2.50. The smallest absolute Gasteiger partial charge is 0.268 e. The SMILES string of the molecule is CC1(NC(=O)c2cc(S(N)(=O)=O)c[nH]2)CCC1. The number of hydrogen-bond donors (Lipinski definition) is 3. The van der Waals surface area contributed by atoms with Crippen LogP contribution in [0, 0.1) is 0 Å². The van der Waals surface area contributed by atoms with Gasteiger partial charge in [-0.05, 0) is 32.3 Å². The summed E-state index contributed by atoms with van der Waals surface area (Å²) >= 11 is 0. The van der Waals surface area contributed by atoms with Crippen molar-refractivity contribution in [3.63, 3.8) is 0 Å². The highest BCUT2D eigenvalue weighted by Gasteiger charge is 2.33. The average Bonchev–Trinajstić information content (AvgIpc) is 2.63. The van der Waals surface area contributed by atoms with Crippen molar-refractivity contribution in [1.82, 2.24) is 10.3 Å². The molecule has 1 heterocycles. The molecule has 1 aromatic rings. The Labute approximate surface area is 99.6 Å². The Morgan fingerprint density at radius 2 is 2.18 bits per heavy atom. The lowest BCUT2D eigenvalue weighted by Gasteiger charge is -2.38. The number of carbonyl (C=O) groups is 1. The number of nitrogens with one attached hydrogen (secondary N) is 2. The molecule has 1 aromatic heterocycles. The average molecular weight is 257 g/mol. The van der Waals surface area contributed by atoms with Crippen molar-refractivity contribution < 1.29 is 13.2 Å². The van der Waals surface area contributed by atoms with Crippen molar-refractivity contribution in [2.45, 2.75) is 36.6 Å². The van der Waals surface area contributed by atoms with E-state index in [-0.39, 0.29) is 22.0 Å². The van der Waals surface area contributed by atoms with Crippen LogP contribution in [0.1, 0.15) is 36.7 Å². The van der Waals surface area contributed by atoms with Crippen molar-refractivity contribution in [2.75, 3.05) is 0 Å². The van der Waals surface area contributed by atoms with Crippen LogP contribution in [0.3, 0.4) is 0 Å². The number of nitrogens with two attached hydrogens (primary N) is 1. The minimum absolute atomic E-state index is 0.0820. The summed E-state index contributed by atoms with van der Waals surface area (Å²) in [5, 5.41) is 7.82. The van der Waals surface area contributed by atoms with Gasteiger partial charge < -0.3 is 10.3 Å². The molecule has 94 valence electrons. The second-order valence-corrected chi connectivity index (χ2v) is 6.22. The van der Waals surface area contributed by atoms with Crippen LogP contribution in [0.25, 0.3) is 0 Å². The van der Waals surface area contributed by atoms with Gasteiger partial charge in [-0.25, -0.2) is 13.6 Å². The molecule has 0 aromatic carbocycles. The Balaban J connectivity index is 2.12. The lowest BCUT2D eigenvalue weighted by Crippen LogP contribution is -2.51. The fraction of sp³-hybridized carbons (Fsp3) is 0.500. The monoisotopic (exact) mass is 257 g/mol. The molecule has 0 bridgehead atoms. The molecule has 0 saturated heterocycles. The van der Waals surface area contributed by atoms with E-state index in [1.54, 1.807) is 0 Å². The number of carbonyl (C=O) groups excluding carboxylic acids is 1. The van der Waals surface area contributed by atoms with Gasteiger partial charge in [0.25, 0.3) is 5.91 Å². The number of aromatic amines is 1. The molecule has 1 saturated carbocycles. The Morgan fingerprint density at radius 1 is 1.53 bits per heavy atom. The molecule has 0 radical (unpaired) electrons. The summed E-state index contributed by atoms with van der Waals surface area (Å²) in [5.74, 6) is -0.304. The Morgan fingerprint density at radius 3 is 2.59 bits per heavy atom. The molecule has 7 heteroatoms. The Kier molecular flexibility index (Phi) is 2.75. The number of H-pyrrole nitrogens is 1. The van der Waals surface area contributed by atoms with E-state index in [0.717, 1.165) is 19.3 Å². The third-order valence-corrected chi connectivity index (χ3v) is 3.99. The van der Waals surface area contributed by atoms with Gasteiger partial charge in [0.15, 0.2) is 0 Å². The highest BCUT2D eigenvalue weighted by molar-refractivity contribution is 7.89. The van der Waals surface area contributed by atoms with E-state index in [4.69, 9.17) is 5.14 Å². The van der Waals surface area contributed by atoms with E-state index in [2.05, 4.69) is 10.3 Å². The van der Waals surface area contributed by atoms with Crippen LogP contribution in [0.5, 0.6) is 0 Å². The summed E-state index contributed by atoms with van der Waals surface area (Å²) in [6, 6.07) is 1.24. The molecule has 1 aliphatic carbocycles. The minimum Gasteiger partial charge on any atom is -0.356 e. The largest absolute Gasteiger partial charge is 0.356 e. The molecule has 6 nitrogen and oxygen atoms in total. The normalized spacial score (nSPS) is 18.5. The minimum atomic E-state index is -3.76. The van der Waals surface area contributed by atoms with Gasteiger partial charge in [-0.1, -0.05) is 0 Å². The summed E-state index contributed by atoms with van der Waals surface area (Å²) in [4.78, 5) is 14.3. The first-order valence-electron chi connectivity index (χ1n) is 5.34.